The lowest BCUT2D eigenvalue weighted by molar-refractivity contribution is 0.550. The van der Waals surface area contributed by atoms with Gasteiger partial charge in [0.25, 0.3) is 0 Å². The molecule has 6 nitrogen and oxygen atoms in total. The van der Waals surface area contributed by atoms with Gasteiger partial charge >= 0.3 is 0 Å². The normalized spacial score (nSPS) is 14.9. The van der Waals surface area contributed by atoms with E-state index in [-0.39, 0.29) is 0 Å². The molecule has 2 heterocycles. The van der Waals surface area contributed by atoms with E-state index in [1.165, 1.54) is 12.8 Å². The maximum Gasteiger partial charge on any atom is 0.169 e. The SMILES string of the molecule is CCc1nn(CC)c(Cn2nnc(N)c2C2CC2)c1Br. The Morgan fingerprint density at radius 3 is 2.65 bits per heavy atom. The van der Waals surface area contributed by atoms with Gasteiger partial charge in [-0.2, -0.15) is 5.10 Å². The molecule has 0 unspecified atom stereocenters. The van der Waals surface area contributed by atoms with Crippen LogP contribution in [0.1, 0.15) is 49.7 Å². The molecule has 2 aromatic rings. The third-order valence-corrected chi connectivity index (χ3v) is 4.67. The van der Waals surface area contributed by atoms with Crippen molar-refractivity contribution in [2.45, 2.75) is 52.1 Å². The number of nitrogens with two attached hydrogens (primary N) is 1. The molecule has 1 aliphatic carbocycles. The molecule has 0 amide bonds. The van der Waals surface area contributed by atoms with Crippen LogP contribution in [0.2, 0.25) is 0 Å². The van der Waals surface area contributed by atoms with Crippen LogP contribution in [-0.2, 0) is 19.5 Å². The summed E-state index contributed by atoms with van der Waals surface area (Å²) in [7, 11) is 0. The van der Waals surface area contributed by atoms with Crippen LogP contribution in [0.3, 0.4) is 0 Å². The molecule has 2 N–H and O–H groups in total. The van der Waals surface area contributed by atoms with Crippen molar-refractivity contribution in [1.29, 1.82) is 0 Å². The largest absolute Gasteiger partial charge is 0.381 e. The predicted molar refractivity (Wildman–Crippen MR) is 80.5 cm³/mol. The Labute approximate surface area is 126 Å². The highest BCUT2D eigenvalue weighted by Gasteiger charge is 2.31. The number of halogens is 1. The fourth-order valence-corrected chi connectivity index (χ4v) is 3.23. The van der Waals surface area contributed by atoms with Crippen molar-refractivity contribution in [3.63, 3.8) is 0 Å². The number of hydrogen-bond donors (Lipinski definition) is 1. The highest BCUT2D eigenvalue weighted by molar-refractivity contribution is 9.10. The van der Waals surface area contributed by atoms with Crippen LogP contribution in [0.25, 0.3) is 0 Å². The molecule has 1 fully saturated rings. The zero-order valence-corrected chi connectivity index (χ0v) is 13.4. The molecule has 108 valence electrons. The smallest absolute Gasteiger partial charge is 0.169 e. The molecule has 0 radical (unpaired) electrons. The molecule has 0 spiro atoms. The van der Waals surface area contributed by atoms with Crippen LogP contribution >= 0.6 is 15.9 Å². The predicted octanol–water partition coefficient (Wildman–Crippen LogP) is 2.33. The summed E-state index contributed by atoms with van der Waals surface area (Å²) in [6, 6.07) is 0. The minimum Gasteiger partial charge on any atom is -0.381 e. The standard InChI is InChI=1S/C13H19BrN6/c1-3-9-11(14)10(19(4-2)17-9)7-20-12(8-5-6-8)13(15)16-18-20/h8H,3-7,15H2,1-2H3. The van der Waals surface area contributed by atoms with Crippen molar-refractivity contribution in [3.05, 3.63) is 21.6 Å². The summed E-state index contributed by atoms with van der Waals surface area (Å²) < 4.78 is 5.04. The second kappa shape index (κ2) is 5.20. The van der Waals surface area contributed by atoms with Crippen LogP contribution in [-0.4, -0.2) is 24.8 Å². The van der Waals surface area contributed by atoms with E-state index >= 15 is 0 Å². The molecule has 1 aliphatic rings. The quantitative estimate of drug-likeness (QED) is 0.907. The minimum atomic E-state index is 0.535. The third kappa shape index (κ3) is 2.24. The van der Waals surface area contributed by atoms with Gasteiger partial charge in [-0.3, -0.25) is 4.68 Å². The Hall–Kier alpha value is -1.37. The maximum absolute atomic E-state index is 5.95. The van der Waals surface area contributed by atoms with E-state index in [4.69, 9.17) is 5.73 Å². The van der Waals surface area contributed by atoms with E-state index < -0.39 is 0 Å². The zero-order chi connectivity index (χ0) is 14.3. The van der Waals surface area contributed by atoms with Crippen molar-refractivity contribution in [1.82, 2.24) is 24.8 Å². The fourth-order valence-electron chi connectivity index (χ4n) is 2.54. The Kier molecular flexibility index (Phi) is 3.54. The second-order valence-corrected chi connectivity index (χ2v) is 5.96. The van der Waals surface area contributed by atoms with Gasteiger partial charge in [-0.05, 0) is 42.1 Å². The minimum absolute atomic E-state index is 0.535. The summed E-state index contributed by atoms with van der Waals surface area (Å²) in [4.78, 5) is 0. The first kappa shape index (κ1) is 13.6. The van der Waals surface area contributed by atoms with Crippen LogP contribution < -0.4 is 5.73 Å². The topological polar surface area (TPSA) is 74.5 Å². The molecule has 1 saturated carbocycles. The number of rotatable bonds is 5. The summed E-state index contributed by atoms with van der Waals surface area (Å²) in [5.74, 6) is 1.11. The number of nitrogen functional groups attached to an aromatic ring is 1. The first-order valence-corrected chi connectivity index (χ1v) is 7.87. The number of nitrogens with zero attached hydrogens (tertiary/aromatic N) is 5. The second-order valence-electron chi connectivity index (χ2n) is 5.17. The van der Waals surface area contributed by atoms with Crippen molar-refractivity contribution < 1.29 is 0 Å². The van der Waals surface area contributed by atoms with E-state index in [1.807, 2.05) is 9.36 Å². The number of aromatic nitrogens is 5. The molecular formula is C13H19BrN6. The van der Waals surface area contributed by atoms with E-state index in [9.17, 15) is 0 Å². The summed E-state index contributed by atoms with van der Waals surface area (Å²) >= 11 is 3.67. The summed E-state index contributed by atoms with van der Waals surface area (Å²) in [6.45, 7) is 5.72. The Morgan fingerprint density at radius 1 is 1.30 bits per heavy atom. The van der Waals surface area contributed by atoms with Crippen molar-refractivity contribution >= 4 is 21.7 Å². The first-order valence-electron chi connectivity index (χ1n) is 7.08. The van der Waals surface area contributed by atoms with E-state index in [2.05, 4.69) is 45.2 Å². The summed E-state index contributed by atoms with van der Waals surface area (Å²) in [5, 5.41) is 12.9. The van der Waals surface area contributed by atoms with Gasteiger partial charge in [0, 0.05) is 12.5 Å². The average molecular weight is 339 g/mol. The molecule has 3 rings (SSSR count). The monoisotopic (exact) mass is 338 g/mol. The number of aryl methyl sites for hydroxylation is 2. The number of anilines is 1. The van der Waals surface area contributed by atoms with Crippen LogP contribution in [0.15, 0.2) is 4.47 Å². The van der Waals surface area contributed by atoms with Gasteiger partial charge < -0.3 is 5.73 Å². The van der Waals surface area contributed by atoms with Crippen molar-refractivity contribution in [2.24, 2.45) is 0 Å². The van der Waals surface area contributed by atoms with Crippen molar-refractivity contribution in [3.8, 4) is 0 Å². The Balaban J connectivity index is 1.97. The molecule has 7 heteroatoms. The Morgan fingerprint density at radius 2 is 2.05 bits per heavy atom. The lowest BCUT2D eigenvalue weighted by Crippen LogP contribution is -2.12. The van der Waals surface area contributed by atoms with Gasteiger partial charge in [0.15, 0.2) is 5.82 Å². The lowest BCUT2D eigenvalue weighted by Gasteiger charge is -2.08. The van der Waals surface area contributed by atoms with E-state index in [0.717, 1.165) is 34.5 Å². The van der Waals surface area contributed by atoms with Gasteiger partial charge in [-0.25, -0.2) is 4.68 Å². The van der Waals surface area contributed by atoms with Crippen LogP contribution in [0, 0.1) is 0 Å². The molecular weight excluding hydrogens is 320 g/mol. The zero-order valence-electron chi connectivity index (χ0n) is 11.8. The van der Waals surface area contributed by atoms with Gasteiger partial charge in [0.05, 0.1) is 28.1 Å². The highest BCUT2D eigenvalue weighted by atomic mass is 79.9. The van der Waals surface area contributed by atoms with E-state index in [0.29, 0.717) is 18.3 Å². The fraction of sp³-hybridized carbons (Fsp3) is 0.615. The molecule has 0 aromatic carbocycles. The van der Waals surface area contributed by atoms with Crippen LogP contribution in [0.5, 0.6) is 0 Å². The summed E-state index contributed by atoms with van der Waals surface area (Å²) in [5.41, 5.74) is 9.25. The molecule has 0 bridgehead atoms. The number of hydrogen-bond acceptors (Lipinski definition) is 4. The molecule has 2 aromatic heterocycles. The van der Waals surface area contributed by atoms with Crippen LogP contribution in [0.4, 0.5) is 5.82 Å². The van der Waals surface area contributed by atoms with Gasteiger partial charge in [-0.15, -0.1) is 5.10 Å². The molecule has 0 aliphatic heterocycles. The molecule has 0 saturated heterocycles. The van der Waals surface area contributed by atoms with E-state index in [1.54, 1.807) is 0 Å². The van der Waals surface area contributed by atoms with Gasteiger partial charge in [0.2, 0.25) is 0 Å². The van der Waals surface area contributed by atoms with Gasteiger partial charge in [-0.1, -0.05) is 12.1 Å². The van der Waals surface area contributed by atoms with Crippen molar-refractivity contribution in [2.75, 3.05) is 5.73 Å². The maximum atomic E-state index is 5.95. The Bertz CT molecular complexity index is 625. The highest BCUT2D eigenvalue weighted by Crippen LogP contribution is 2.42. The first-order chi connectivity index (χ1) is 9.65. The summed E-state index contributed by atoms with van der Waals surface area (Å²) in [6.07, 6.45) is 3.29. The lowest BCUT2D eigenvalue weighted by atomic mass is 10.2. The average Bonchev–Trinajstić information content (AvgIpc) is 3.15. The molecule has 0 atom stereocenters. The third-order valence-electron chi connectivity index (χ3n) is 3.76. The van der Waals surface area contributed by atoms with Gasteiger partial charge in [0.1, 0.15) is 0 Å². The molecule has 20 heavy (non-hydrogen) atoms.